The van der Waals surface area contributed by atoms with Gasteiger partial charge < -0.3 is 0 Å². The molecule has 1 aromatic heterocycles. The lowest BCUT2D eigenvalue weighted by Crippen LogP contribution is -1.98. The van der Waals surface area contributed by atoms with Crippen LogP contribution in [0.1, 0.15) is 0 Å². The number of benzene rings is 1. The molecule has 64 valence electrons. The van der Waals surface area contributed by atoms with Gasteiger partial charge in [-0.25, -0.2) is 0 Å². The van der Waals surface area contributed by atoms with Gasteiger partial charge in [0.1, 0.15) is 0 Å². The molecule has 0 bridgehead atoms. The van der Waals surface area contributed by atoms with Crippen LogP contribution in [0.3, 0.4) is 0 Å². The molecule has 2 aromatic rings. The number of hydrogen-bond donors (Lipinski definition) is 0. The minimum atomic E-state index is 0.553. The van der Waals surface area contributed by atoms with Crippen LogP contribution in [0.25, 0.3) is 11.4 Å². The maximum atomic E-state index is 3.92. The molecule has 0 saturated carbocycles. The predicted octanol–water partition coefficient (Wildman–Crippen LogP) is 1.54. The third-order valence-corrected chi connectivity index (χ3v) is 1.92. The molecule has 0 radical (unpaired) electrons. The van der Waals surface area contributed by atoms with Crippen LogP contribution < -0.4 is 0 Å². The van der Waals surface area contributed by atoms with Gasteiger partial charge in [0.15, 0.2) is 0 Å². The Kier molecular flexibility index (Phi) is 2.44. The summed E-state index contributed by atoms with van der Waals surface area (Å²) < 4.78 is 0.553. The Morgan fingerprint density at radius 3 is 2.08 bits per heavy atom. The highest BCUT2D eigenvalue weighted by atomic mass is 127. The largest absolute Gasteiger partial charge is 0.232 e. The van der Waals surface area contributed by atoms with Crippen molar-refractivity contribution in [2.75, 3.05) is 0 Å². The third kappa shape index (κ3) is 1.97. The van der Waals surface area contributed by atoms with E-state index in [1.165, 1.54) is 0 Å². The molecular weight excluding hydrogens is 279 g/mol. The SMILES string of the molecule is Ic1nnc(-c2ccccc2)nn1. The Morgan fingerprint density at radius 1 is 0.846 bits per heavy atom. The van der Waals surface area contributed by atoms with Gasteiger partial charge in [-0.05, 0) is 0 Å². The molecule has 0 spiro atoms. The molecule has 0 unspecified atom stereocenters. The number of nitrogens with zero attached hydrogens (tertiary/aromatic N) is 4. The van der Waals surface area contributed by atoms with Crippen molar-refractivity contribution in [3.63, 3.8) is 0 Å². The quantitative estimate of drug-likeness (QED) is 0.745. The van der Waals surface area contributed by atoms with Crippen LogP contribution in [0.5, 0.6) is 0 Å². The highest BCUT2D eigenvalue weighted by Crippen LogP contribution is 2.10. The van der Waals surface area contributed by atoms with Gasteiger partial charge in [0.2, 0.25) is 9.66 Å². The van der Waals surface area contributed by atoms with Crippen LogP contribution >= 0.6 is 22.6 Å². The van der Waals surface area contributed by atoms with Crippen LogP contribution in [0.4, 0.5) is 0 Å². The average molecular weight is 284 g/mol. The van der Waals surface area contributed by atoms with E-state index in [1.54, 1.807) is 0 Å². The minimum absolute atomic E-state index is 0.553. The van der Waals surface area contributed by atoms with E-state index in [2.05, 4.69) is 20.4 Å². The number of aromatic nitrogens is 4. The van der Waals surface area contributed by atoms with Gasteiger partial charge in [-0.15, -0.1) is 20.4 Å². The van der Waals surface area contributed by atoms with Crippen LogP contribution in [0, 0.1) is 3.83 Å². The van der Waals surface area contributed by atoms with Gasteiger partial charge in [-0.2, -0.15) is 0 Å². The van der Waals surface area contributed by atoms with Gasteiger partial charge in [0.05, 0.1) is 0 Å². The standard InChI is InChI=1S/C8H5IN4/c9-8-12-10-7(11-13-8)6-4-2-1-3-5-6/h1-5H. The van der Waals surface area contributed by atoms with Gasteiger partial charge in [0.25, 0.3) is 0 Å². The summed E-state index contributed by atoms with van der Waals surface area (Å²) in [5.41, 5.74) is 0.930. The van der Waals surface area contributed by atoms with Crippen molar-refractivity contribution < 1.29 is 0 Å². The summed E-state index contributed by atoms with van der Waals surface area (Å²) in [5, 5.41) is 15.5. The monoisotopic (exact) mass is 284 g/mol. The number of hydrogen-bond acceptors (Lipinski definition) is 4. The van der Waals surface area contributed by atoms with Gasteiger partial charge in [-0.3, -0.25) is 0 Å². The molecule has 13 heavy (non-hydrogen) atoms. The second-order valence-corrected chi connectivity index (χ2v) is 3.32. The predicted molar refractivity (Wildman–Crippen MR) is 55.8 cm³/mol. The number of rotatable bonds is 1. The molecular formula is C8H5IN4. The maximum Gasteiger partial charge on any atom is 0.232 e. The normalized spacial score (nSPS) is 9.92. The summed E-state index contributed by atoms with van der Waals surface area (Å²) in [6.45, 7) is 0. The van der Waals surface area contributed by atoms with E-state index in [4.69, 9.17) is 0 Å². The second kappa shape index (κ2) is 3.73. The van der Waals surface area contributed by atoms with Crippen molar-refractivity contribution >= 4 is 22.6 Å². The highest BCUT2D eigenvalue weighted by Gasteiger charge is 2.00. The molecule has 1 heterocycles. The first-order valence-corrected chi connectivity index (χ1v) is 4.72. The van der Waals surface area contributed by atoms with Crippen LogP contribution in [-0.2, 0) is 0 Å². The van der Waals surface area contributed by atoms with Gasteiger partial charge in [0, 0.05) is 28.2 Å². The summed E-state index contributed by atoms with van der Waals surface area (Å²) in [6.07, 6.45) is 0. The molecule has 0 fully saturated rings. The first-order chi connectivity index (χ1) is 6.36. The Hall–Kier alpha value is -1.11. The summed E-state index contributed by atoms with van der Waals surface area (Å²) in [7, 11) is 0. The fraction of sp³-hybridized carbons (Fsp3) is 0. The first kappa shape index (κ1) is 8.49. The molecule has 4 nitrogen and oxygen atoms in total. The molecule has 0 saturated heterocycles. The zero-order valence-electron chi connectivity index (χ0n) is 6.55. The topological polar surface area (TPSA) is 51.6 Å². The Bertz CT molecular complexity index is 387. The molecule has 0 atom stereocenters. The third-order valence-electron chi connectivity index (χ3n) is 1.49. The molecule has 5 heteroatoms. The zero-order valence-corrected chi connectivity index (χ0v) is 8.71. The lowest BCUT2D eigenvalue weighted by atomic mass is 10.2. The van der Waals surface area contributed by atoms with Crippen molar-refractivity contribution in [2.24, 2.45) is 0 Å². The smallest absolute Gasteiger partial charge is 0.125 e. The van der Waals surface area contributed by atoms with E-state index in [9.17, 15) is 0 Å². The highest BCUT2D eigenvalue weighted by molar-refractivity contribution is 14.1. The van der Waals surface area contributed by atoms with Crippen molar-refractivity contribution in [1.29, 1.82) is 0 Å². The molecule has 0 N–H and O–H groups in total. The molecule has 1 aromatic carbocycles. The Morgan fingerprint density at radius 2 is 1.46 bits per heavy atom. The van der Waals surface area contributed by atoms with Crippen LogP contribution in [-0.4, -0.2) is 20.4 Å². The molecule has 0 aliphatic heterocycles. The summed E-state index contributed by atoms with van der Waals surface area (Å²) >= 11 is 1.97. The van der Waals surface area contributed by atoms with E-state index < -0.39 is 0 Å². The van der Waals surface area contributed by atoms with Crippen molar-refractivity contribution in [3.05, 3.63) is 34.2 Å². The fourth-order valence-electron chi connectivity index (χ4n) is 0.920. The van der Waals surface area contributed by atoms with E-state index in [-0.39, 0.29) is 0 Å². The second-order valence-electron chi connectivity index (χ2n) is 2.36. The van der Waals surface area contributed by atoms with Crippen molar-refractivity contribution in [3.8, 4) is 11.4 Å². The zero-order chi connectivity index (χ0) is 9.10. The maximum absolute atomic E-state index is 3.92. The van der Waals surface area contributed by atoms with Gasteiger partial charge >= 0.3 is 0 Å². The summed E-state index contributed by atoms with van der Waals surface area (Å²) in [6, 6.07) is 9.64. The van der Waals surface area contributed by atoms with E-state index >= 15 is 0 Å². The number of halogens is 1. The lowest BCUT2D eigenvalue weighted by Gasteiger charge is -1.95. The van der Waals surface area contributed by atoms with Gasteiger partial charge in [-0.1, -0.05) is 30.3 Å². The summed E-state index contributed by atoms with van der Waals surface area (Å²) in [4.78, 5) is 0. The summed E-state index contributed by atoms with van der Waals surface area (Å²) in [5.74, 6) is 0.556. The van der Waals surface area contributed by atoms with Crippen LogP contribution in [0.2, 0.25) is 0 Å². The van der Waals surface area contributed by atoms with Crippen molar-refractivity contribution in [1.82, 2.24) is 20.4 Å². The minimum Gasteiger partial charge on any atom is -0.125 e. The van der Waals surface area contributed by atoms with E-state index in [0.29, 0.717) is 9.66 Å². The van der Waals surface area contributed by atoms with Crippen LogP contribution in [0.15, 0.2) is 30.3 Å². The molecule has 0 aliphatic carbocycles. The van der Waals surface area contributed by atoms with Crippen molar-refractivity contribution in [2.45, 2.75) is 0 Å². The fourth-order valence-corrected chi connectivity index (χ4v) is 1.14. The molecule has 2 rings (SSSR count). The Balaban J connectivity index is 2.42. The lowest BCUT2D eigenvalue weighted by molar-refractivity contribution is 0.831. The molecule has 0 aliphatic rings. The van der Waals surface area contributed by atoms with E-state index in [0.717, 1.165) is 5.56 Å². The average Bonchev–Trinajstić information content (AvgIpc) is 2.20. The Labute approximate surface area is 88.6 Å². The molecule has 0 amide bonds. The van der Waals surface area contributed by atoms with E-state index in [1.807, 2.05) is 52.9 Å². The first-order valence-electron chi connectivity index (χ1n) is 3.64.